The summed E-state index contributed by atoms with van der Waals surface area (Å²) in [5, 5.41) is 24.4. The summed E-state index contributed by atoms with van der Waals surface area (Å²) < 4.78 is 7.86. The van der Waals surface area contributed by atoms with Crippen molar-refractivity contribution in [1.29, 1.82) is 0 Å². The number of aromatic nitrogens is 3. The molecule has 1 atom stereocenters. The summed E-state index contributed by atoms with van der Waals surface area (Å²) in [5.74, 6) is 0.781. The van der Waals surface area contributed by atoms with E-state index in [-0.39, 0.29) is 6.04 Å². The molecular formula is C18H13N7O. The van der Waals surface area contributed by atoms with Crippen LogP contribution in [0.1, 0.15) is 29.2 Å². The van der Waals surface area contributed by atoms with Crippen molar-refractivity contribution in [3.8, 4) is 0 Å². The average Bonchev–Trinajstić information content (AvgIpc) is 3.43. The maximum atomic E-state index is 6.10. The Balaban J connectivity index is 1.62. The van der Waals surface area contributed by atoms with E-state index in [0.717, 1.165) is 22.3 Å². The highest BCUT2D eigenvalue weighted by Gasteiger charge is 2.24. The number of nitrogens with zero attached hydrogens (tertiary/aromatic N) is 7. The average molecular weight is 343 g/mol. The van der Waals surface area contributed by atoms with E-state index in [1.165, 1.54) is 0 Å². The number of benzene rings is 2. The number of furan rings is 1. The van der Waals surface area contributed by atoms with Crippen molar-refractivity contribution >= 4 is 11.0 Å². The first kappa shape index (κ1) is 14.6. The zero-order valence-corrected chi connectivity index (χ0v) is 13.5. The lowest BCUT2D eigenvalue weighted by atomic mass is 10.0. The minimum Gasteiger partial charge on any atom is -0.458 e. The Hall–Kier alpha value is -3.68. The van der Waals surface area contributed by atoms with Gasteiger partial charge >= 0.3 is 0 Å². The van der Waals surface area contributed by atoms with Crippen LogP contribution in [0.25, 0.3) is 11.0 Å². The largest absolute Gasteiger partial charge is 0.458 e. The van der Waals surface area contributed by atoms with E-state index in [2.05, 4.69) is 31.0 Å². The van der Waals surface area contributed by atoms with E-state index in [1.54, 1.807) is 10.9 Å². The molecule has 0 bridgehead atoms. The minimum absolute atomic E-state index is 0.250. The zero-order valence-electron chi connectivity index (χ0n) is 13.5. The van der Waals surface area contributed by atoms with Crippen LogP contribution in [-0.2, 0) is 0 Å². The lowest BCUT2D eigenvalue weighted by molar-refractivity contribution is 0.456. The lowest BCUT2D eigenvalue weighted by Crippen LogP contribution is -2.12. The Morgan fingerprint density at radius 2 is 1.69 bits per heavy atom. The third kappa shape index (κ3) is 2.48. The molecule has 0 saturated carbocycles. The Bertz CT molecular complexity index is 1070. The van der Waals surface area contributed by atoms with E-state index < -0.39 is 6.17 Å². The van der Waals surface area contributed by atoms with Crippen LogP contribution in [0.3, 0.4) is 0 Å². The molecule has 5 rings (SSSR count). The van der Waals surface area contributed by atoms with Crippen molar-refractivity contribution in [3.05, 3.63) is 83.9 Å². The van der Waals surface area contributed by atoms with Gasteiger partial charge in [-0.05, 0) is 28.1 Å². The molecule has 0 N–H and O–H groups in total. The minimum atomic E-state index is -0.532. The quantitative estimate of drug-likeness (QED) is 0.546. The SMILES string of the molecule is c1ccc([C@H](c2cc3ccccc3o2)n2cc(C3N=NN=N3)nn2)cc1. The van der Waals surface area contributed by atoms with Crippen molar-refractivity contribution in [2.24, 2.45) is 20.7 Å². The molecule has 2 aromatic carbocycles. The highest BCUT2D eigenvalue weighted by atomic mass is 16.3. The van der Waals surface area contributed by atoms with Crippen LogP contribution >= 0.6 is 0 Å². The summed E-state index contributed by atoms with van der Waals surface area (Å²) >= 11 is 0. The van der Waals surface area contributed by atoms with Crippen molar-refractivity contribution in [2.45, 2.75) is 12.2 Å². The van der Waals surface area contributed by atoms with Gasteiger partial charge in [-0.2, -0.15) is 0 Å². The second-order valence-electron chi connectivity index (χ2n) is 5.91. The van der Waals surface area contributed by atoms with Crippen LogP contribution in [0.2, 0.25) is 0 Å². The highest BCUT2D eigenvalue weighted by Crippen LogP contribution is 2.32. The van der Waals surface area contributed by atoms with Gasteiger partial charge in [0.2, 0.25) is 6.17 Å². The van der Waals surface area contributed by atoms with Crippen LogP contribution in [0.15, 0.2) is 92.0 Å². The molecule has 0 radical (unpaired) electrons. The van der Waals surface area contributed by atoms with Crippen LogP contribution in [0.5, 0.6) is 0 Å². The topological polar surface area (TPSA) is 93.3 Å². The second-order valence-corrected chi connectivity index (χ2v) is 5.91. The summed E-state index contributed by atoms with van der Waals surface area (Å²) in [6, 6.07) is 19.7. The summed E-state index contributed by atoms with van der Waals surface area (Å²) in [5.41, 5.74) is 2.46. The van der Waals surface area contributed by atoms with Gasteiger partial charge in [-0.1, -0.05) is 53.7 Å². The molecule has 3 heterocycles. The molecule has 1 aliphatic heterocycles. The van der Waals surface area contributed by atoms with Gasteiger partial charge < -0.3 is 4.42 Å². The second kappa shape index (κ2) is 5.99. The molecule has 2 aromatic heterocycles. The van der Waals surface area contributed by atoms with Gasteiger partial charge in [0.05, 0.1) is 6.20 Å². The maximum absolute atomic E-state index is 6.10. The van der Waals surface area contributed by atoms with Crippen LogP contribution in [-0.4, -0.2) is 15.0 Å². The smallest absolute Gasteiger partial charge is 0.230 e. The Kier molecular flexibility index (Phi) is 3.38. The summed E-state index contributed by atoms with van der Waals surface area (Å²) in [7, 11) is 0. The molecule has 0 fully saturated rings. The molecule has 26 heavy (non-hydrogen) atoms. The van der Waals surface area contributed by atoms with Crippen LogP contribution in [0, 0.1) is 0 Å². The predicted molar refractivity (Wildman–Crippen MR) is 92.4 cm³/mol. The van der Waals surface area contributed by atoms with Gasteiger partial charge in [0.15, 0.2) is 0 Å². The van der Waals surface area contributed by atoms with Gasteiger partial charge in [0, 0.05) is 5.39 Å². The zero-order chi connectivity index (χ0) is 17.3. The van der Waals surface area contributed by atoms with Gasteiger partial charge in [0.1, 0.15) is 23.1 Å². The first-order valence-corrected chi connectivity index (χ1v) is 8.13. The molecular weight excluding hydrogens is 330 g/mol. The normalized spacial score (nSPS) is 15.1. The third-order valence-electron chi connectivity index (χ3n) is 4.25. The summed E-state index contributed by atoms with van der Waals surface area (Å²) in [4.78, 5) is 0. The van der Waals surface area contributed by atoms with E-state index in [9.17, 15) is 0 Å². The van der Waals surface area contributed by atoms with Crippen molar-refractivity contribution in [3.63, 3.8) is 0 Å². The van der Waals surface area contributed by atoms with E-state index in [0.29, 0.717) is 5.69 Å². The van der Waals surface area contributed by atoms with E-state index in [4.69, 9.17) is 4.42 Å². The van der Waals surface area contributed by atoms with Gasteiger partial charge in [0.25, 0.3) is 0 Å². The fourth-order valence-corrected chi connectivity index (χ4v) is 3.04. The van der Waals surface area contributed by atoms with Gasteiger partial charge in [-0.25, -0.2) is 4.68 Å². The molecule has 4 aromatic rings. The monoisotopic (exact) mass is 343 g/mol. The lowest BCUT2D eigenvalue weighted by Gasteiger charge is -2.14. The summed E-state index contributed by atoms with van der Waals surface area (Å²) in [6.07, 6.45) is 1.27. The van der Waals surface area contributed by atoms with Crippen molar-refractivity contribution in [2.75, 3.05) is 0 Å². The predicted octanol–water partition coefficient (Wildman–Crippen LogP) is 4.49. The maximum Gasteiger partial charge on any atom is 0.230 e. The molecule has 126 valence electrons. The fourth-order valence-electron chi connectivity index (χ4n) is 3.04. The molecule has 1 aliphatic rings. The molecule has 0 spiro atoms. The van der Waals surface area contributed by atoms with E-state index >= 15 is 0 Å². The van der Waals surface area contributed by atoms with Crippen molar-refractivity contribution in [1.82, 2.24) is 15.0 Å². The Morgan fingerprint density at radius 1 is 0.923 bits per heavy atom. The molecule has 8 nitrogen and oxygen atoms in total. The Morgan fingerprint density at radius 3 is 2.50 bits per heavy atom. The molecule has 0 unspecified atom stereocenters. The highest BCUT2D eigenvalue weighted by molar-refractivity contribution is 5.78. The standard InChI is InChI=1S/C18H13N7O/c1-2-6-12(7-3-1)17(16-10-13-8-4-5-9-15(13)26-16)25-11-14(19-24-25)18-20-22-23-21-18/h1-11,17-18H/t17-/m1/s1. The molecule has 0 amide bonds. The van der Waals surface area contributed by atoms with Gasteiger partial charge in [-0.3, -0.25) is 0 Å². The van der Waals surface area contributed by atoms with Crippen molar-refractivity contribution < 1.29 is 4.42 Å². The van der Waals surface area contributed by atoms with Gasteiger partial charge in [-0.15, -0.1) is 15.3 Å². The first-order valence-electron chi connectivity index (χ1n) is 8.13. The molecule has 0 saturated heterocycles. The molecule has 0 aliphatic carbocycles. The van der Waals surface area contributed by atoms with Crippen LogP contribution in [0.4, 0.5) is 0 Å². The third-order valence-corrected chi connectivity index (χ3v) is 4.25. The number of para-hydroxylation sites is 1. The Labute approximate surface area is 147 Å². The fraction of sp³-hybridized carbons (Fsp3) is 0.111. The number of hydrogen-bond acceptors (Lipinski definition) is 7. The number of rotatable bonds is 4. The number of fused-ring (bicyclic) bond motifs is 1. The number of hydrogen-bond donors (Lipinski definition) is 0. The molecule has 8 heteroatoms. The van der Waals surface area contributed by atoms with Crippen LogP contribution < -0.4 is 0 Å². The summed E-state index contributed by atoms with van der Waals surface area (Å²) in [6.45, 7) is 0. The van der Waals surface area contributed by atoms with E-state index in [1.807, 2.05) is 60.7 Å². The first-order chi connectivity index (χ1) is 12.9.